The van der Waals surface area contributed by atoms with Crippen molar-refractivity contribution in [3.05, 3.63) is 30.5 Å². The van der Waals surface area contributed by atoms with Gasteiger partial charge < -0.3 is 15.3 Å². The Morgan fingerprint density at radius 1 is 1.36 bits per heavy atom. The first-order valence-electron chi connectivity index (χ1n) is 8.56. The Balaban J connectivity index is 1.29. The summed E-state index contributed by atoms with van der Waals surface area (Å²) in [6, 6.07) is 2.18. The van der Waals surface area contributed by atoms with Crippen molar-refractivity contribution in [1.29, 1.82) is 0 Å². The minimum atomic E-state index is -0.272. The number of hydrogen-bond acceptors (Lipinski definition) is 7. The Kier molecular flexibility index (Phi) is 4.31. The van der Waals surface area contributed by atoms with E-state index in [9.17, 15) is 9.90 Å². The predicted molar refractivity (Wildman–Crippen MR) is 88.8 cm³/mol. The van der Waals surface area contributed by atoms with Crippen LogP contribution in [-0.4, -0.2) is 61.2 Å². The van der Waals surface area contributed by atoms with Gasteiger partial charge in [0.1, 0.15) is 18.7 Å². The van der Waals surface area contributed by atoms with Crippen molar-refractivity contribution >= 4 is 11.7 Å². The number of anilines is 1. The molecule has 1 aliphatic carbocycles. The second-order valence-electron chi connectivity index (χ2n) is 6.72. The molecule has 1 atom stereocenters. The Morgan fingerprint density at radius 2 is 2.24 bits per heavy atom. The maximum absolute atomic E-state index is 12.0. The molecule has 1 saturated heterocycles. The molecule has 9 heteroatoms. The highest BCUT2D eigenvalue weighted by Crippen LogP contribution is 2.36. The molecule has 9 nitrogen and oxygen atoms in total. The Morgan fingerprint density at radius 3 is 2.96 bits per heavy atom. The molecule has 25 heavy (non-hydrogen) atoms. The molecule has 0 aromatic carbocycles. The maximum Gasteiger partial charge on any atom is 0.242 e. The van der Waals surface area contributed by atoms with E-state index in [-0.39, 0.29) is 24.6 Å². The van der Waals surface area contributed by atoms with E-state index in [0.717, 1.165) is 37.3 Å². The average Bonchev–Trinajstić information content (AvgIpc) is 3.22. The van der Waals surface area contributed by atoms with Crippen molar-refractivity contribution in [1.82, 2.24) is 30.3 Å². The summed E-state index contributed by atoms with van der Waals surface area (Å²) >= 11 is 0. The summed E-state index contributed by atoms with van der Waals surface area (Å²) in [6.45, 7) is 1.64. The number of rotatable bonds is 5. The van der Waals surface area contributed by atoms with Gasteiger partial charge in [0.05, 0.1) is 12.3 Å². The van der Waals surface area contributed by atoms with Crippen LogP contribution in [0, 0.1) is 0 Å². The zero-order valence-corrected chi connectivity index (χ0v) is 13.8. The highest BCUT2D eigenvalue weighted by atomic mass is 16.3. The molecule has 1 aliphatic heterocycles. The smallest absolute Gasteiger partial charge is 0.242 e. The van der Waals surface area contributed by atoms with Crippen LogP contribution in [0.2, 0.25) is 0 Å². The van der Waals surface area contributed by atoms with E-state index in [1.807, 2.05) is 6.07 Å². The first kappa shape index (κ1) is 15.9. The quantitative estimate of drug-likeness (QED) is 0.767. The van der Waals surface area contributed by atoms with Gasteiger partial charge in [0.2, 0.25) is 5.91 Å². The molecule has 3 heterocycles. The van der Waals surface area contributed by atoms with E-state index in [1.54, 1.807) is 18.7 Å². The lowest BCUT2D eigenvalue weighted by Gasteiger charge is -2.35. The minimum Gasteiger partial charge on any atom is -0.391 e. The zero-order valence-electron chi connectivity index (χ0n) is 13.8. The van der Waals surface area contributed by atoms with Gasteiger partial charge in [0, 0.05) is 43.0 Å². The molecule has 0 unspecified atom stereocenters. The number of hydrogen-bond donors (Lipinski definition) is 2. The molecule has 1 amide bonds. The summed E-state index contributed by atoms with van der Waals surface area (Å²) in [7, 11) is 0. The van der Waals surface area contributed by atoms with E-state index in [1.165, 1.54) is 4.68 Å². The van der Waals surface area contributed by atoms with E-state index in [0.29, 0.717) is 12.5 Å². The van der Waals surface area contributed by atoms with Crippen LogP contribution in [0.3, 0.4) is 0 Å². The number of nitrogens with zero attached hydrogens (tertiary/aromatic N) is 6. The fourth-order valence-corrected chi connectivity index (χ4v) is 3.42. The van der Waals surface area contributed by atoms with Gasteiger partial charge in [-0.05, 0) is 19.3 Å². The summed E-state index contributed by atoms with van der Waals surface area (Å²) in [5.41, 5.74) is 1.01. The van der Waals surface area contributed by atoms with Crippen LogP contribution >= 0.6 is 0 Å². The number of carbonyl (C=O) groups is 1. The van der Waals surface area contributed by atoms with Crippen LogP contribution in [0.5, 0.6) is 0 Å². The van der Waals surface area contributed by atoms with Gasteiger partial charge in [-0.1, -0.05) is 5.21 Å². The molecule has 0 spiro atoms. The van der Waals surface area contributed by atoms with Crippen molar-refractivity contribution in [3.8, 4) is 0 Å². The monoisotopic (exact) mass is 343 g/mol. The molecule has 4 rings (SSSR count). The van der Waals surface area contributed by atoms with Crippen LogP contribution in [0.15, 0.2) is 24.8 Å². The molecule has 2 aliphatic rings. The van der Waals surface area contributed by atoms with Gasteiger partial charge in [-0.15, -0.1) is 5.10 Å². The van der Waals surface area contributed by atoms with Crippen LogP contribution in [-0.2, 0) is 11.3 Å². The van der Waals surface area contributed by atoms with E-state index < -0.39 is 0 Å². The topological polar surface area (TPSA) is 109 Å². The first-order valence-corrected chi connectivity index (χ1v) is 8.56. The van der Waals surface area contributed by atoms with Gasteiger partial charge in [-0.25, -0.2) is 14.6 Å². The zero-order chi connectivity index (χ0) is 17.2. The molecule has 2 N–H and O–H groups in total. The SMILES string of the molecule is O=C(Cn1ccnn1)NC1CC(c2cc(N3CC[C@@H](O)C3)ncn2)C1. The maximum atomic E-state index is 12.0. The minimum absolute atomic E-state index is 0.0524. The van der Waals surface area contributed by atoms with E-state index >= 15 is 0 Å². The fourth-order valence-electron chi connectivity index (χ4n) is 3.42. The van der Waals surface area contributed by atoms with Crippen molar-refractivity contribution in [2.75, 3.05) is 18.0 Å². The molecule has 2 fully saturated rings. The Labute approximate surface area is 145 Å². The number of aliphatic hydroxyl groups excluding tert-OH is 1. The van der Waals surface area contributed by atoms with Gasteiger partial charge in [-0.3, -0.25) is 4.79 Å². The lowest BCUT2D eigenvalue weighted by molar-refractivity contribution is -0.123. The van der Waals surface area contributed by atoms with Gasteiger partial charge >= 0.3 is 0 Å². The summed E-state index contributed by atoms with van der Waals surface area (Å²) in [4.78, 5) is 22.8. The number of nitrogens with one attached hydrogen (secondary N) is 1. The predicted octanol–water partition coefficient (Wildman–Crippen LogP) is -0.298. The van der Waals surface area contributed by atoms with Crippen molar-refractivity contribution in [3.63, 3.8) is 0 Å². The number of carbonyl (C=O) groups excluding carboxylic acids is 1. The number of aromatic nitrogens is 5. The Bertz CT molecular complexity index is 730. The van der Waals surface area contributed by atoms with Crippen LogP contribution < -0.4 is 10.2 Å². The summed E-state index contributed by atoms with van der Waals surface area (Å²) < 4.78 is 1.51. The summed E-state index contributed by atoms with van der Waals surface area (Å²) in [5.74, 6) is 1.16. The Hall–Kier alpha value is -2.55. The fraction of sp³-hybridized carbons (Fsp3) is 0.562. The lowest BCUT2D eigenvalue weighted by atomic mass is 9.78. The standard InChI is InChI=1S/C16H21N7O2/c24-13-1-3-22(8-13)15-7-14(17-10-18-15)11-5-12(6-11)20-16(25)9-23-4-2-19-21-23/h2,4,7,10-13,24H,1,3,5-6,8-9H2,(H,20,25)/t11?,12?,13-/m1/s1. The van der Waals surface area contributed by atoms with Crippen molar-refractivity contribution < 1.29 is 9.90 Å². The van der Waals surface area contributed by atoms with Crippen LogP contribution in [0.1, 0.15) is 30.9 Å². The van der Waals surface area contributed by atoms with Crippen LogP contribution in [0.4, 0.5) is 5.82 Å². The molecule has 1 saturated carbocycles. The first-order chi connectivity index (χ1) is 12.2. The normalized spacial score (nSPS) is 25.6. The van der Waals surface area contributed by atoms with Crippen molar-refractivity contribution in [2.45, 2.75) is 43.9 Å². The third-order valence-corrected chi connectivity index (χ3v) is 4.86. The average molecular weight is 343 g/mol. The van der Waals surface area contributed by atoms with Crippen molar-refractivity contribution in [2.24, 2.45) is 0 Å². The molecule has 132 valence electrons. The lowest BCUT2D eigenvalue weighted by Crippen LogP contribution is -2.44. The molecule has 0 radical (unpaired) electrons. The highest BCUT2D eigenvalue weighted by Gasteiger charge is 2.33. The molecule has 2 aromatic rings. The third kappa shape index (κ3) is 3.60. The molecular weight excluding hydrogens is 322 g/mol. The summed E-state index contributed by atoms with van der Waals surface area (Å²) in [6.07, 6.45) is 7.07. The molecule has 2 aromatic heterocycles. The third-order valence-electron chi connectivity index (χ3n) is 4.86. The second kappa shape index (κ2) is 6.75. The van der Waals surface area contributed by atoms with Crippen LogP contribution in [0.25, 0.3) is 0 Å². The highest BCUT2D eigenvalue weighted by molar-refractivity contribution is 5.76. The van der Waals surface area contributed by atoms with Gasteiger partial charge in [0.25, 0.3) is 0 Å². The molecule has 0 bridgehead atoms. The number of β-amino-alcohol motifs (C(OH)–C–C–N with tert-alkyl or cyclic N) is 1. The van der Waals surface area contributed by atoms with Gasteiger partial charge in [-0.2, -0.15) is 0 Å². The number of amides is 1. The van der Waals surface area contributed by atoms with Gasteiger partial charge in [0.15, 0.2) is 0 Å². The second-order valence-corrected chi connectivity index (χ2v) is 6.72. The van der Waals surface area contributed by atoms with E-state index in [2.05, 4.69) is 30.5 Å². The largest absolute Gasteiger partial charge is 0.391 e. The van der Waals surface area contributed by atoms with E-state index in [4.69, 9.17) is 0 Å². The number of aliphatic hydroxyl groups is 1. The summed E-state index contributed by atoms with van der Waals surface area (Å²) in [5, 5.41) is 20.2. The molecular formula is C16H21N7O2.